The van der Waals surface area contributed by atoms with Crippen LogP contribution in [0, 0.1) is 34.6 Å². The summed E-state index contributed by atoms with van der Waals surface area (Å²) < 4.78 is 4.23. The number of aromatic nitrogens is 5. The average molecular weight is 432 g/mol. The number of hydrogen-bond acceptors (Lipinski definition) is 3. The number of pyridine rings is 1. The fraction of sp³-hybridized carbons (Fsp3) is 0.179. The van der Waals surface area contributed by atoms with Crippen LogP contribution in [-0.4, -0.2) is 24.4 Å². The van der Waals surface area contributed by atoms with Crippen LogP contribution in [0.4, 0.5) is 0 Å². The number of rotatable bonds is 2. The van der Waals surface area contributed by atoms with E-state index in [0.29, 0.717) is 0 Å². The number of nitrogens with zero attached hydrogens (tertiary/aromatic N) is 5. The summed E-state index contributed by atoms with van der Waals surface area (Å²) in [6, 6.07) is 21.7. The minimum absolute atomic E-state index is 0.872. The zero-order valence-corrected chi connectivity index (χ0v) is 19.5. The summed E-state index contributed by atoms with van der Waals surface area (Å²) in [5.41, 5.74) is 9.25. The molecule has 0 aliphatic rings. The molecule has 3 aromatic carbocycles. The maximum Gasteiger partial charge on any atom is 0.134 e. The molecule has 5 heteroatoms. The molecule has 0 saturated heterocycles. The van der Waals surface area contributed by atoms with Crippen LogP contribution in [0.5, 0.6) is 0 Å². The van der Waals surface area contributed by atoms with Gasteiger partial charge in [-0.2, -0.15) is 5.10 Å². The monoisotopic (exact) mass is 431 g/mol. The van der Waals surface area contributed by atoms with E-state index in [0.717, 1.165) is 39.4 Å². The lowest BCUT2D eigenvalue weighted by Gasteiger charge is -2.14. The van der Waals surface area contributed by atoms with Gasteiger partial charge in [0.05, 0.1) is 22.4 Å². The van der Waals surface area contributed by atoms with Crippen molar-refractivity contribution in [1.82, 2.24) is 24.4 Å². The van der Waals surface area contributed by atoms with Crippen molar-refractivity contribution < 1.29 is 0 Å². The van der Waals surface area contributed by atoms with Crippen molar-refractivity contribution in [3.05, 3.63) is 89.0 Å². The highest BCUT2D eigenvalue weighted by Crippen LogP contribution is 2.36. The van der Waals surface area contributed by atoms with Gasteiger partial charge in [0.1, 0.15) is 11.6 Å². The number of hydrogen-bond donors (Lipinski definition) is 0. The largest absolute Gasteiger partial charge is 0.283 e. The highest BCUT2D eigenvalue weighted by atomic mass is 15.3. The molecule has 3 heterocycles. The summed E-state index contributed by atoms with van der Waals surface area (Å²) in [6.07, 6.45) is 0. The summed E-state index contributed by atoms with van der Waals surface area (Å²) in [4.78, 5) is 0. The van der Waals surface area contributed by atoms with Crippen LogP contribution in [0.15, 0.2) is 60.7 Å². The predicted molar refractivity (Wildman–Crippen MR) is 134 cm³/mol. The first-order chi connectivity index (χ1) is 15.9. The topological polar surface area (TPSA) is 48.0 Å². The van der Waals surface area contributed by atoms with Crippen molar-refractivity contribution in [2.24, 2.45) is 0 Å². The zero-order chi connectivity index (χ0) is 22.9. The second-order valence-corrected chi connectivity index (χ2v) is 8.95. The quantitative estimate of drug-likeness (QED) is 0.297. The summed E-state index contributed by atoms with van der Waals surface area (Å²) in [5, 5.41) is 17.3. The Morgan fingerprint density at radius 3 is 2.03 bits per heavy atom. The van der Waals surface area contributed by atoms with Crippen LogP contribution in [0.2, 0.25) is 0 Å². The van der Waals surface area contributed by atoms with Gasteiger partial charge < -0.3 is 0 Å². The smallest absolute Gasteiger partial charge is 0.134 e. The second-order valence-electron chi connectivity index (χ2n) is 8.95. The van der Waals surface area contributed by atoms with Crippen molar-refractivity contribution >= 4 is 27.2 Å². The van der Waals surface area contributed by atoms with Crippen LogP contribution in [0.3, 0.4) is 0 Å². The normalized spacial score (nSPS) is 11.8. The molecule has 0 saturated carbocycles. The maximum atomic E-state index is 5.16. The zero-order valence-electron chi connectivity index (χ0n) is 19.5. The van der Waals surface area contributed by atoms with Crippen LogP contribution in [-0.2, 0) is 0 Å². The summed E-state index contributed by atoms with van der Waals surface area (Å²) in [5.74, 6) is 1.74. The Hall–Kier alpha value is -3.99. The van der Waals surface area contributed by atoms with Gasteiger partial charge >= 0.3 is 0 Å². The Morgan fingerprint density at radius 1 is 0.667 bits per heavy atom. The standard InChI is InChI=1S/C28H25N5/c1-16-13-17(2)27(18(3)14-16)23-15-26-21-9-6-7-10-22(21)28-24(32-19(4)29-30-20(32)5)11-8-12-25(28)33(26)31-23/h6-15H,1-5H3. The van der Waals surface area contributed by atoms with Gasteiger partial charge in [0.15, 0.2) is 0 Å². The van der Waals surface area contributed by atoms with E-state index in [1.54, 1.807) is 0 Å². The fourth-order valence-corrected chi connectivity index (χ4v) is 5.37. The molecular weight excluding hydrogens is 406 g/mol. The first kappa shape index (κ1) is 19.7. The van der Waals surface area contributed by atoms with Crippen LogP contribution in [0.25, 0.3) is 44.1 Å². The number of fused-ring (bicyclic) bond motifs is 6. The van der Waals surface area contributed by atoms with Gasteiger partial charge in [-0.05, 0) is 69.3 Å². The minimum atomic E-state index is 0.872. The van der Waals surface area contributed by atoms with Crippen molar-refractivity contribution in [2.75, 3.05) is 0 Å². The Bertz CT molecular complexity index is 1680. The average Bonchev–Trinajstić information content (AvgIpc) is 3.36. The van der Waals surface area contributed by atoms with E-state index < -0.39 is 0 Å². The second kappa shape index (κ2) is 7.01. The molecule has 0 N–H and O–H groups in total. The summed E-state index contributed by atoms with van der Waals surface area (Å²) in [6.45, 7) is 10.5. The first-order valence-corrected chi connectivity index (χ1v) is 11.2. The lowest BCUT2D eigenvalue weighted by Crippen LogP contribution is -2.03. The molecule has 0 spiro atoms. The molecule has 0 aliphatic carbocycles. The van der Waals surface area contributed by atoms with E-state index in [9.17, 15) is 0 Å². The molecule has 0 aliphatic heterocycles. The van der Waals surface area contributed by atoms with Crippen LogP contribution in [0.1, 0.15) is 28.3 Å². The van der Waals surface area contributed by atoms with E-state index >= 15 is 0 Å². The van der Waals surface area contributed by atoms with E-state index in [-0.39, 0.29) is 0 Å². The molecule has 0 unspecified atom stereocenters. The van der Waals surface area contributed by atoms with Crippen molar-refractivity contribution in [3.8, 4) is 16.9 Å². The third-order valence-electron chi connectivity index (χ3n) is 6.59. The Labute approximate surface area is 192 Å². The van der Waals surface area contributed by atoms with Gasteiger partial charge in [0.2, 0.25) is 0 Å². The molecule has 0 bridgehead atoms. The molecule has 33 heavy (non-hydrogen) atoms. The highest BCUT2D eigenvalue weighted by Gasteiger charge is 2.18. The van der Waals surface area contributed by atoms with Crippen molar-refractivity contribution in [3.63, 3.8) is 0 Å². The maximum absolute atomic E-state index is 5.16. The van der Waals surface area contributed by atoms with E-state index in [1.807, 2.05) is 13.8 Å². The summed E-state index contributed by atoms with van der Waals surface area (Å²) >= 11 is 0. The van der Waals surface area contributed by atoms with E-state index in [2.05, 4.69) is 101 Å². The molecule has 6 aromatic rings. The van der Waals surface area contributed by atoms with Crippen molar-refractivity contribution in [1.29, 1.82) is 0 Å². The molecule has 5 nitrogen and oxygen atoms in total. The van der Waals surface area contributed by atoms with Gasteiger partial charge in [-0.25, -0.2) is 4.52 Å². The lowest BCUT2D eigenvalue weighted by molar-refractivity contribution is 0.943. The number of benzene rings is 3. The van der Waals surface area contributed by atoms with Gasteiger partial charge in [-0.1, -0.05) is 48.0 Å². The van der Waals surface area contributed by atoms with Crippen molar-refractivity contribution in [2.45, 2.75) is 34.6 Å². The third kappa shape index (κ3) is 2.82. The van der Waals surface area contributed by atoms with Gasteiger partial charge in [-0.15, -0.1) is 10.2 Å². The van der Waals surface area contributed by atoms with Gasteiger partial charge in [-0.3, -0.25) is 4.57 Å². The van der Waals surface area contributed by atoms with Crippen LogP contribution >= 0.6 is 0 Å². The molecule has 0 atom stereocenters. The third-order valence-corrected chi connectivity index (χ3v) is 6.59. The molecule has 0 fully saturated rings. The number of aryl methyl sites for hydroxylation is 5. The Kier molecular flexibility index (Phi) is 4.18. The molecule has 162 valence electrons. The van der Waals surface area contributed by atoms with Crippen LogP contribution < -0.4 is 0 Å². The van der Waals surface area contributed by atoms with E-state index in [4.69, 9.17) is 5.10 Å². The van der Waals surface area contributed by atoms with Gasteiger partial charge in [0.25, 0.3) is 0 Å². The predicted octanol–water partition coefficient (Wildman–Crippen LogP) is 6.43. The molecule has 3 aromatic heterocycles. The highest BCUT2D eigenvalue weighted by molar-refractivity contribution is 6.15. The molecule has 0 radical (unpaired) electrons. The molecule has 0 amide bonds. The molecule has 6 rings (SSSR count). The Balaban J connectivity index is 1.78. The lowest BCUT2D eigenvalue weighted by atomic mass is 9.97. The van der Waals surface area contributed by atoms with Gasteiger partial charge in [0, 0.05) is 16.3 Å². The van der Waals surface area contributed by atoms with E-state index in [1.165, 1.54) is 33.0 Å². The Morgan fingerprint density at radius 2 is 1.33 bits per heavy atom. The molecular formula is C28H25N5. The first-order valence-electron chi connectivity index (χ1n) is 11.2. The SMILES string of the molecule is Cc1cc(C)c(-c2cc3c4ccccc4c4c(-n5c(C)nnc5C)cccc4n3n2)c(C)c1. The fourth-order valence-electron chi connectivity index (χ4n) is 5.37. The summed E-state index contributed by atoms with van der Waals surface area (Å²) in [7, 11) is 0. The minimum Gasteiger partial charge on any atom is -0.283 e.